The summed E-state index contributed by atoms with van der Waals surface area (Å²) in [5.41, 5.74) is 1.83. The van der Waals surface area contributed by atoms with Gasteiger partial charge in [-0.15, -0.1) is 0 Å². The van der Waals surface area contributed by atoms with Gasteiger partial charge in [-0.05, 0) is 30.7 Å². The number of benzene rings is 1. The van der Waals surface area contributed by atoms with Gasteiger partial charge in [0.15, 0.2) is 0 Å². The van der Waals surface area contributed by atoms with E-state index in [1.54, 1.807) is 0 Å². The van der Waals surface area contributed by atoms with E-state index in [-0.39, 0.29) is 0 Å². The van der Waals surface area contributed by atoms with Crippen molar-refractivity contribution >= 4 is 15.9 Å². The molecule has 14 heavy (non-hydrogen) atoms. The van der Waals surface area contributed by atoms with Gasteiger partial charge < -0.3 is 0 Å². The van der Waals surface area contributed by atoms with Crippen molar-refractivity contribution in [2.45, 2.75) is 24.7 Å². The molecule has 2 atom stereocenters. The van der Waals surface area contributed by atoms with E-state index in [0.29, 0.717) is 5.41 Å². The minimum absolute atomic E-state index is 0.339. The fourth-order valence-electron chi connectivity index (χ4n) is 2.97. The lowest BCUT2D eigenvalue weighted by molar-refractivity contribution is 0.560. The van der Waals surface area contributed by atoms with Gasteiger partial charge in [0.2, 0.25) is 0 Å². The van der Waals surface area contributed by atoms with Gasteiger partial charge in [0.25, 0.3) is 0 Å². The normalized spacial score (nSPS) is 34.6. The van der Waals surface area contributed by atoms with Gasteiger partial charge in [0.1, 0.15) is 0 Å². The zero-order valence-corrected chi connectivity index (χ0v) is 9.63. The van der Waals surface area contributed by atoms with Crippen LogP contribution in [0.25, 0.3) is 0 Å². The van der Waals surface area contributed by atoms with E-state index >= 15 is 0 Å². The molecule has 0 saturated heterocycles. The van der Waals surface area contributed by atoms with Crippen LogP contribution in [-0.2, 0) is 5.41 Å². The summed E-state index contributed by atoms with van der Waals surface area (Å²) >= 11 is 3.75. The summed E-state index contributed by atoms with van der Waals surface area (Å²) in [6.07, 6.45) is 6.41. The second-order valence-corrected chi connectivity index (χ2v) is 5.32. The Kier molecular flexibility index (Phi) is 1.85. The van der Waals surface area contributed by atoms with Crippen molar-refractivity contribution in [1.29, 1.82) is 0 Å². The number of hydrogen-bond donors (Lipinski definition) is 0. The fraction of sp³-hybridized carbons (Fsp3) is 0.385. The van der Waals surface area contributed by atoms with Crippen molar-refractivity contribution in [2.75, 3.05) is 0 Å². The predicted molar refractivity (Wildman–Crippen MR) is 62.5 cm³/mol. The first-order valence-corrected chi connectivity index (χ1v) is 6.04. The molecule has 3 rings (SSSR count). The maximum atomic E-state index is 3.75. The number of rotatable bonds is 1. The van der Waals surface area contributed by atoms with E-state index in [2.05, 4.69) is 52.3 Å². The van der Waals surface area contributed by atoms with E-state index in [4.69, 9.17) is 0 Å². The first-order chi connectivity index (χ1) is 6.81. The van der Waals surface area contributed by atoms with Crippen LogP contribution < -0.4 is 0 Å². The van der Waals surface area contributed by atoms with Gasteiger partial charge in [0.05, 0.1) is 0 Å². The largest absolute Gasteiger partial charge is 0.0703 e. The highest BCUT2D eigenvalue weighted by atomic mass is 79.9. The molecule has 0 aliphatic heterocycles. The molecule has 0 spiro atoms. The van der Waals surface area contributed by atoms with Crippen LogP contribution in [0.5, 0.6) is 0 Å². The minimum atomic E-state index is 0.339. The molecule has 0 aromatic heterocycles. The number of halogens is 1. The van der Waals surface area contributed by atoms with E-state index in [9.17, 15) is 0 Å². The lowest BCUT2D eigenvalue weighted by atomic mass is 9.80. The van der Waals surface area contributed by atoms with E-state index in [1.165, 1.54) is 29.3 Å². The third-order valence-electron chi connectivity index (χ3n) is 3.72. The Hall–Kier alpha value is -0.560. The summed E-state index contributed by atoms with van der Waals surface area (Å²) in [5.74, 6) is 0.824. The maximum Gasteiger partial charge on any atom is 0.0271 e. The Morgan fingerprint density at radius 1 is 1.21 bits per heavy atom. The minimum Gasteiger partial charge on any atom is -0.0703 e. The summed E-state index contributed by atoms with van der Waals surface area (Å²) in [6, 6.07) is 10.9. The van der Waals surface area contributed by atoms with Crippen molar-refractivity contribution < 1.29 is 0 Å². The van der Waals surface area contributed by atoms with Crippen molar-refractivity contribution in [3.05, 3.63) is 46.5 Å². The van der Waals surface area contributed by atoms with Gasteiger partial charge in [-0.3, -0.25) is 0 Å². The van der Waals surface area contributed by atoms with Crippen molar-refractivity contribution in [2.24, 2.45) is 5.92 Å². The summed E-state index contributed by atoms with van der Waals surface area (Å²) in [4.78, 5) is 0. The smallest absolute Gasteiger partial charge is 0.0271 e. The van der Waals surface area contributed by atoms with Crippen LogP contribution in [0.2, 0.25) is 0 Å². The lowest BCUT2D eigenvalue weighted by Gasteiger charge is -2.27. The van der Waals surface area contributed by atoms with Gasteiger partial charge >= 0.3 is 0 Å². The van der Waals surface area contributed by atoms with Gasteiger partial charge in [0, 0.05) is 9.90 Å². The molecule has 2 unspecified atom stereocenters. The molecule has 1 aromatic rings. The average molecular weight is 249 g/mol. The Balaban J connectivity index is 2.10. The quantitative estimate of drug-likeness (QED) is 0.705. The number of hydrogen-bond acceptors (Lipinski definition) is 0. The Morgan fingerprint density at radius 3 is 2.57 bits per heavy atom. The second-order valence-electron chi connectivity index (χ2n) is 4.47. The molecular formula is C13H13Br. The van der Waals surface area contributed by atoms with Crippen LogP contribution in [0.4, 0.5) is 0 Å². The van der Waals surface area contributed by atoms with Crippen LogP contribution in [-0.4, -0.2) is 0 Å². The molecule has 1 aromatic carbocycles. The highest BCUT2D eigenvalue weighted by molar-refractivity contribution is 9.11. The van der Waals surface area contributed by atoms with Crippen molar-refractivity contribution in [1.82, 2.24) is 0 Å². The van der Waals surface area contributed by atoms with Crippen LogP contribution in [0.3, 0.4) is 0 Å². The van der Waals surface area contributed by atoms with Crippen LogP contribution in [0, 0.1) is 5.92 Å². The molecule has 2 bridgehead atoms. The fourth-order valence-corrected chi connectivity index (χ4v) is 3.93. The molecule has 2 aliphatic rings. The summed E-state index contributed by atoms with van der Waals surface area (Å²) < 4.78 is 1.42. The van der Waals surface area contributed by atoms with Crippen LogP contribution >= 0.6 is 15.9 Å². The summed E-state index contributed by atoms with van der Waals surface area (Å²) in [5, 5.41) is 0. The number of allylic oxidation sites excluding steroid dienone is 2. The molecule has 1 heteroatoms. The second kappa shape index (κ2) is 2.96. The zero-order valence-electron chi connectivity index (χ0n) is 8.04. The zero-order chi connectivity index (χ0) is 9.60. The van der Waals surface area contributed by atoms with Crippen LogP contribution in [0.15, 0.2) is 40.9 Å². The highest BCUT2D eigenvalue weighted by Gasteiger charge is 2.46. The average Bonchev–Trinajstić information content (AvgIpc) is 2.77. The molecular weight excluding hydrogens is 236 g/mol. The van der Waals surface area contributed by atoms with Gasteiger partial charge in [-0.25, -0.2) is 0 Å². The first kappa shape index (κ1) is 8.72. The summed E-state index contributed by atoms with van der Waals surface area (Å²) in [6.45, 7) is 0. The molecule has 0 heterocycles. The molecule has 0 radical (unpaired) electrons. The molecule has 0 amide bonds. The Morgan fingerprint density at radius 2 is 2.00 bits per heavy atom. The van der Waals surface area contributed by atoms with Gasteiger partial charge in [-0.1, -0.05) is 52.3 Å². The Labute approximate surface area is 93.2 Å². The first-order valence-electron chi connectivity index (χ1n) is 5.25. The van der Waals surface area contributed by atoms with Gasteiger partial charge in [-0.2, -0.15) is 0 Å². The molecule has 0 N–H and O–H groups in total. The Bertz CT molecular complexity index is 379. The lowest BCUT2D eigenvalue weighted by Crippen LogP contribution is -2.20. The molecule has 0 nitrogen and oxygen atoms in total. The molecule has 72 valence electrons. The van der Waals surface area contributed by atoms with E-state index in [0.717, 1.165) is 5.92 Å². The molecule has 2 aliphatic carbocycles. The predicted octanol–water partition coefficient (Wildman–Crippen LogP) is 4.02. The topological polar surface area (TPSA) is 0 Å². The standard InChI is InChI=1S/C13H13Br/c14-12-8-10-6-7-13(12,9-10)11-4-2-1-3-5-11/h1-5,8,10H,6-7,9H2. The van der Waals surface area contributed by atoms with Crippen molar-refractivity contribution in [3.8, 4) is 0 Å². The molecule has 1 saturated carbocycles. The molecule has 1 fully saturated rings. The highest BCUT2D eigenvalue weighted by Crippen LogP contribution is 2.56. The maximum absolute atomic E-state index is 3.75. The van der Waals surface area contributed by atoms with E-state index in [1.807, 2.05) is 0 Å². The van der Waals surface area contributed by atoms with E-state index < -0.39 is 0 Å². The SMILES string of the molecule is BrC1=CC2CCC1(c1ccccc1)C2. The number of fused-ring (bicyclic) bond motifs is 2. The van der Waals surface area contributed by atoms with Crippen molar-refractivity contribution in [3.63, 3.8) is 0 Å². The third kappa shape index (κ3) is 1.05. The monoisotopic (exact) mass is 248 g/mol. The van der Waals surface area contributed by atoms with Crippen LogP contribution in [0.1, 0.15) is 24.8 Å². The summed E-state index contributed by atoms with van der Waals surface area (Å²) in [7, 11) is 0. The third-order valence-corrected chi connectivity index (χ3v) is 4.74.